The first-order chi connectivity index (χ1) is 12.8. The van der Waals surface area contributed by atoms with Crippen LogP contribution in [0.5, 0.6) is 0 Å². The monoisotopic (exact) mass is 407 g/mol. The number of rotatable bonds is 8. The van der Waals surface area contributed by atoms with Gasteiger partial charge in [-0.15, -0.1) is 0 Å². The highest BCUT2D eigenvalue weighted by Gasteiger charge is 2.18. The highest BCUT2D eigenvalue weighted by Crippen LogP contribution is 2.29. The van der Waals surface area contributed by atoms with Crippen LogP contribution in [-0.2, 0) is 14.6 Å². The van der Waals surface area contributed by atoms with Gasteiger partial charge in [0.1, 0.15) is 0 Å². The number of hydrogen-bond acceptors (Lipinski definition) is 4. The van der Waals surface area contributed by atoms with Gasteiger partial charge in [0.25, 0.3) is 5.91 Å². The molecular weight excluding hydrogens is 378 g/mol. The normalized spacial score (nSPS) is 16.0. The first kappa shape index (κ1) is 21.5. The maximum atomic E-state index is 12.8. The van der Waals surface area contributed by atoms with Crippen molar-refractivity contribution in [3.63, 3.8) is 0 Å². The Balaban J connectivity index is 0.00000392. The topological polar surface area (TPSA) is 63.2 Å². The first-order valence-corrected chi connectivity index (χ1v) is 11.9. The van der Waals surface area contributed by atoms with E-state index < -0.39 is 9.84 Å². The number of sulfone groups is 1. The molecule has 0 unspecified atom stereocenters. The van der Waals surface area contributed by atoms with E-state index in [-0.39, 0.29) is 12.2 Å². The molecule has 1 aromatic carbocycles. The summed E-state index contributed by atoms with van der Waals surface area (Å²) < 4.78 is 23.4. The van der Waals surface area contributed by atoms with Gasteiger partial charge in [0, 0.05) is 13.3 Å². The van der Waals surface area contributed by atoms with Crippen LogP contribution in [0.25, 0.3) is 5.57 Å². The molecule has 1 N–H and O–H groups in total. The Morgan fingerprint density at radius 2 is 1.93 bits per heavy atom. The molecule has 1 amide bonds. The van der Waals surface area contributed by atoms with Gasteiger partial charge in [-0.05, 0) is 42.4 Å². The van der Waals surface area contributed by atoms with Crippen LogP contribution in [0.4, 0.5) is 0 Å². The van der Waals surface area contributed by atoms with Crippen molar-refractivity contribution in [3.05, 3.63) is 59.0 Å². The molecule has 148 valence electrons. The molecule has 0 heterocycles. The molecule has 0 bridgehead atoms. The molecule has 0 atom stereocenters. The largest absolute Gasteiger partial charge is 0.317 e. The van der Waals surface area contributed by atoms with Crippen LogP contribution in [0.1, 0.15) is 46.0 Å². The van der Waals surface area contributed by atoms with Crippen LogP contribution in [0.15, 0.2) is 58.3 Å². The summed E-state index contributed by atoms with van der Waals surface area (Å²) in [5, 5.41) is 5.23. The minimum absolute atomic E-state index is 0. The molecule has 6 heteroatoms. The fraction of sp³-hybridized carbons (Fsp3) is 0.381. The van der Waals surface area contributed by atoms with Crippen molar-refractivity contribution in [1.29, 1.82) is 0 Å². The predicted octanol–water partition coefficient (Wildman–Crippen LogP) is 5.15. The summed E-state index contributed by atoms with van der Waals surface area (Å²) in [7, 11) is -3.27. The van der Waals surface area contributed by atoms with Crippen LogP contribution in [0.3, 0.4) is 0 Å². The molecule has 2 rings (SSSR count). The van der Waals surface area contributed by atoms with Gasteiger partial charge in [-0.2, -0.15) is 0 Å². The zero-order valence-electron chi connectivity index (χ0n) is 15.9. The number of carbonyl (C=O) groups excluding carboxylic acids is 1. The van der Waals surface area contributed by atoms with Gasteiger partial charge in [-0.1, -0.05) is 68.3 Å². The predicted molar refractivity (Wildman–Crippen MR) is 116 cm³/mol. The van der Waals surface area contributed by atoms with Crippen molar-refractivity contribution in [1.82, 2.24) is 5.32 Å². The molecule has 0 radical (unpaired) electrons. The van der Waals surface area contributed by atoms with Gasteiger partial charge < -0.3 is 5.32 Å². The zero-order valence-corrected chi connectivity index (χ0v) is 17.5. The molecule has 1 aromatic rings. The van der Waals surface area contributed by atoms with Crippen LogP contribution >= 0.6 is 11.8 Å². The SMILES string of the molecule is C=C(NC(=O)/C(=C/CC1CCCC1)c1ccc(S(C)(=O)=O)cc1)S/C=C\C.[HH]. The molecule has 0 aliphatic heterocycles. The average Bonchev–Trinajstić information content (AvgIpc) is 3.13. The molecule has 1 aliphatic rings. The first-order valence-electron chi connectivity index (χ1n) is 9.10. The van der Waals surface area contributed by atoms with Crippen molar-refractivity contribution in [2.75, 3.05) is 6.26 Å². The van der Waals surface area contributed by atoms with E-state index >= 15 is 0 Å². The Kier molecular flexibility index (Phi) is 7.92. The molecule has 27 heavy (non-hydrogen) atoms. The summed E-state index contributed by atoms with van der Waals surface area (Å²) >= 11 is 1.35. The zero-order chi connectivity index (χ0) is 19.9. The molecule has 0 saturated heterocycles. The lowest BCUT2D eigenvalue weighted by Crippen LogP contribution is -2.22. The van der Waals surface area contributed by atoms with Gasteiger partial charge in [-0.3, -0.25) is 4.79 Å². The van der Waals surface area contributed by atoms with Crippen LogP contribution in [0, 0.1) is 5.92 Å². The van der Waals surface area contributed by atoms with E-state index in [2.05, 4.69) is 11.9 Å². The number of benzene rings is 1. The van der Waals surface area contributed by atoms with E-state index in [1.165, 1.54) is 43.7 Å². The van der Waals surface area contributed by atoms with E-state index in [4.69, 9.17) is 0 Å². The minimum Gasteiger partial charge on any atom is -0.317 e. The van der Waals surface area contributed by atoms with Crippen molar-refractivity contribution in [2.24, 2.45) is 5.92 Å². The summed E-state index contributed by atoms with van der Waals surface area (Å²) in [5.74, 6) is 0.394. The van der Waals surface area contributed by atoms with Gasteiger partial charge >= 0.3 is 0 Å². The lowest BCUT2D eigenvalue weighted by atomic mass is 9.98. The number of amides is 1. The molecular formula is C21H29NO3S2. The van der Waals surface area contributed by atoms with E-state index in [1.54, 1.807) is 24.3 Å². The molecule has 0 spiro atoms. The second-order valence-electron chi connectivity index (χ2n) is 6.77. The molecule has 1 aliphatic carbocycles. The smallest absolute Gasteiger partial charge is 0.256 e. The summed E-state index contributed by atoms with van der Waals surface area (Å²) in [6.07, 6.45) is 10.8. The van der Waals surface area contributed by atoms with Crippen LogP contribution in [-0.4, -0.2) is 20.6 Å². The number of thioether (sulfide) groups is 1. The second-order valence-corrected chi connectivity index (χ2v) is 9.78. The number of hydrogen-bond donors (Lipinski definition) is 1. The molecule has 1 fully saturated rings. The standard InChI is InChI=1S/C21H27NO3S2.H2/c1-4-15-26-16(2)22-21(23)20(14-9-17-7-5-6-8-17)18-10-12-19(13-11-18)27(3,24)25;/h4,10-15,17H,2,5-9H2,1,3H3,(H,22,23);1H/b15-4-,20-14+;. The molecule has 1 saturated carbocycles. The van der Waals surface area contributed by atoms with Crippen molar-refractivity contribution < 1.29 is 14.6 Å². The third-order valence-electron chi connectivity index (χ3n) is 4.57. The van der Waals surface area contributed by atoms with Crippen molar-refractivity contribution in [3.8, 4) is 0 Å². The van der Waals surface area contributed by atoms with Gasteiger partial charge in [-0.25, -0.2) is 8.42 Å². The average molecular weight is 408 g/mol. The fourth-order valence-electron chi connectivity index (χ4n) is 3.13. The van der Waals surface area contributed by atoms with E-state index in [0.717, 1.165) is 6.42 Å². The van der Waals surface area contributed by atoms with Crippen molar-refractivity contribution in [2.45, 2.75) is 43.9 Å². The Hall–Kier alpha value is -1.79. The Labute approximate surface area is 168 Å². The van der Waals surface area contributed by atoms with E-state index in [1.807, 2.05) is 24.5 Å². The Morgan fingerprint density at radius 3 is 2.48 bits per heavy atom. The molecule has 4 nitrogen and oxygen atoms in total. The van der Waals surface area contributed by atoms with Crippen LogP contribution in [0.2, 0.25) is 0 Å². The molecule has 0 aromatic heterocycles. The number of carbonyl (C=O) groups is 1. The highest BCUT2D eigenvalue weighted by molar-refractivity contribution is 8.05. The highest BCUT2D eigenvalue weighted by atomic mass is 32.2. The fourth-order valence-corrected chi connectivity index (χ4v) is 4.21. The summed E-state index contributed by atoms with van der Waals surface area (Å²) in [5.41, 5.74) is 1.27. The Morgan fingerprint density at radius 1 is 1.30 bits per heavy atom. The minimum atomic E-state index is -3.27. The number of allylic oxidation sites excluding steroid dienone is 2. The van der Waals surface area contributed by atoms with E-state index in [9.17, 15) is 13.2 Å². The quantitative estimate of drug-likeness (QED) is 0.605. The summed E-state index contributed by atoms with van der Waals surface area (Å²) in [6, 6.07) is 6.48. The van der Waals surface area contributed by atoms with E-state index in [0.29, 0.717) is 22.1 Å². The Bertz CT molecular complexity index is 837. The third-order valence-corrected chi connectivity index (χ3v) is 6.49. The maximum absolute atomic E-state index is 12.8. The van der Waals surface area contributed by atoms with Gasteiger partial charge in [0.2, 0.25) is 0 Å². The third kappa shape index (κ3) is 6.70. The van der Waals surface area contributed by atoms with Gasteiger partial charge in [0.05, 0.1) is 9.92 Å². The van der Waals surface area contributed by atoms with Crippen molar-refractivity contribution >= 4 is 33.1 Å². The lowest BCUT2D eigenvalue weighted by Gasteiger charge is -2.12. The second kappa shape index (κ2) is 9.95. The van der Waals surface area contributed by atoms with Crippen LogP contribution < -0.4 is 5.32 Å². The number of nitrogens with one attached hydrogen (secondary N) is 1. The maximum Gasteiger partial charge on any atom is 0.256 e. The summed E-state index contributed by atoms with van der Waals surface area (Å²) in [4.78, 5) is 13.1. The van der Waals surface area contributed by atoms with Gasteiger partial charge in [0.15, 0.2) is 9.84 Å². The lowest BCUT2D eigenvalue weighted by molar-refractivity contribution is -0.114. The summed E-state index contributed by atoms with van der Waals surface area (Å²) in [6.45, 7) is 5.77.